The minimum Gasteiger partial charge on any atom is -0.481 e. The van der Waals surface area contributed by atoms with E-state index in [2.05, 4.69) is 0 Å². The van der Waals surface area contributed by atoms with Gasteiger partial charge in [0.25, 0.3) is 5.91 Å². The molecule has 1 atom stereocenters. The van der Waals surface area contributed by atoms with Crippen LogP contribution in [0, 0.1) is 5.41 Å². The Morgan fingerprint density at radius 2 is 1.86 bits per heavy atom. The van der Waals surface area contributed by atoms with Crippen molar-refractivity contribution >= 4 is 21.7 Å². The van der Waals surface area contributed by atoms with Gasteiger partial charge in [-0.25, -0.2) is 8.42 Å². The number of carboxylic acid groups (broad SMARTS) is 1. The van der Waals surface area contributed by atoms with E-state index in [9.17, 15) is 23.1 Å². The van der Waals surface area contributed by atoms with Crippen molar-refractivity contribution < 1.29 is 23.1 Å². The molecule has 1 aliphatic heterocycles. The van der Waals surface area contributed by atoms with Crippen molar-refractivity contribution in [1.29, 1.82) is 0 Å². The molecule has 1 aromatic carbocycles. The van der Waals surface area contributed by atoms with E-state index in [1.54, 1.807) is 31.2 Å². The van der Waals surface area contributed by atoms with Crippen molar-refractivity contribution in [3.05, 3.63) is 35.4 Å². The first-order valence-electron chi connectivity index (χ1n) is 6.90. The molecule has 1 heterocycles. The number of aliphatic carboxylic acids is 1. The normalized spacial score (nSPS) is 21.8. The van der Waals surface area contributed by atoms with Crippen molar-refractivity contribution in [1.82, 2.24) is 4.90 Å². The maximum absolute atomic E-state index is 12.4. The topological polar surface area (TPSA) is 91.8 Å². The lowest BCUT2D eigenvalue weighted by molar-refractivity contribution is -0.147. The molecule has 1 amide bonds. The van der Waals surface area contributed by atoms with Gasteiger partial charge in [0.05, 0.1) is 11.2 Å². The summed E-state index contributed by atoms with van der Waals surface area (Å²) >= 11 is 0. The molecule has 2 rings (SSSR count). The highest BCUT2D eigenvalue weighted by molar-refractivity contribution is 7.89. The second kappa shape index (κ2) is 5.72. The Bertz CT molecular complexity index is 695. The van der Waals surface area contributed by atoms with Gasteiger partial charge in [-0.15, -0.1) is 0 Å². The molecule has 0 aliphatic carbocycles. The molecule has 0 spiro atoms. The Labute approximate surface area is 129 Å². The zero-order valence-electron chi connectivity index (χ0n) is 12.6. The Morgan fingerprint density at radius 3 is 2.32 bits per heavy atom. The zero-order chi connectivity index (χ0) is 16.5. The Morgan fingerprint density at radius 1 is 1.27 bits per heavy atom. The molecule has 0 aromatic heterocycles. The van der Waals surface area contributed by atoms with Crippen LogP contribution in [-0.2, 0) is 20.4 Å². The van der Waals surface area contributed by atoms with Crippen LogP contribution < -0.4 is 0 Å². The third-order valence-electron chi connectivity index (χ3n) is 3.91. The summed E-state index contributed by atoms with van der Waals surface area (Å²) in [7, 11) is -3.11. The fourth-order valence-corrected chi connectivity index (χ4v) is 3.34. The molecule has 0 radical (unpaired) electrons. The number of carboxylic acids is 1. The van der Waals surface area contributed by atoms with E-state index in [1.807, 2.05) is 0 Å². The molecule has 1 N–H and O–H groups in total. The molecule has 6 nitrogen and oxygen atoms in total. The van der Waals surface area contributed by atoms with Crippen LogP contribution in [0.15, 0.2) is 24.3 Å². The number of sulfone groups is 1. The van der Waals surface area contributed by atoms with Crippen LogP contribution in [0.1, 0.15) is 29.3 Å². The van der Waals surface area contributed by atoms with Crippen molar-refractivity contribution in [3.8, 4) is 0 Å². The summed E-state index contributed by atoms with van der Waals surface area (Å²) in [5.41, 5.74) is 0.161. The van der Waals surface area contributed by atoms with E-state index in [0.717, 1.165) is 6.26 Å². The number of benzene rings is 1. The first-order valence-corrected chi connectivity index (χ1v) is 8.96. The molecule has 120 valence electrons. The molecular weight excluding hydrogens is 306 g/mol. The highest BCUT2D eigenvalue weighted by Gasteiger charge is 2.42. The molecule has 1 fully saturated rings. The molecule has 1 aromatic rings. The lowest BCUT2D eigenvalue weighted by Crippen LogP contribution is -2.34. The smallest absolute Gasteiger partial charge is 0.311 e. The highest BCUT2D eigenvalue weighted by atomic mass is 32.2. The van der Waals surface area contributed by atoms with Gasteiger partial charge < -0.3 is 10.0 Å². The van der Waals surface area contributed by atoms with Crippen LogP contribution in [-0.4, -0.2) is 49.6 Å². The Balaban J connectivity index is 2.10. The van der Waals surface area contributed by atoms with E-state index < -0.39 is 21.2 Å². The van der Waals surface area contributed by atoms with Crippen LogP contribution in [0.5, 0.6) is 0 Å². The molecule has 22 heavy (non-hydrogen) atoms. The van der Waals surface area contributed by atoms with Crippen LogP contribution in [0.4, 0.5) is 0 Å². The quantitative estimate of drug-likeness (QED) is 0.897. The summed E-state index contributed by atoms with van der Waals surface area (Å²) in [6.45, 7) is 2.23. The van der Waals surface area contributed by atoms with E-state index in [4.69, 9.17) is 0 Å². The van der Waals surface area contributed by atoms with Crippen LogP contribution in [0.3, 0.4) is 0 Å². The van der Waals surface area contributed by atoms with Gasteiger partial charge in [0.1, 0.15) is 0 Å². The molecule has 1 saturated heterocycles. The summed E-state index contributed by atoms with van der Waals surface area (Å²) in [5, 5.41) is 9.19. The number of likely N-dealkylation sites (tertiary alicyclic amines) is 1. The zero-order valence-corrected chi connectivity index (χ0v) is 13.4. The standard InChI is InChI=1S/C15H19NO5S/c1-15(14(18)19)7-8-16(10-15)13(17)12-5-3-11(4-6-12)9-22(2,20)21/h3-6H,7-10H2,1-2H3,(H,18,19). The van der Waals surface area contributed by atoms with E-state index in [0.29, 0.717) is 24.1 Å². The second-order valence-corrected chi connectivity index (χ2v) is 8.25. The number of nitrogens with zero attached hydrogens (tertiary/aromatic N) is 1. The fraction of sp³-hybridized carbons (Fsp3) is 0.467. The Kier molecular flexibility index (Phi) is 4.28. The predicted octanol–water partition coefficient (Wildman–Crippen LogP) is 1.17. The maximum atomic E-state index is 12.4. The third-order valence-corrected chi connectivity index (χ3v) is 4.76. The van der Waals surface area contributed by atoms with Gasteiger partial charge in [-0.05, 0) is 31.0 Å². The lowest BCUT2D eigenvalue weighted by atomic mass is 9.90. The monoisotopic (exact) mass is 325 g/mol. The predicted molar refractivity (Wildman–Crippen MR) is 81.3 cm³/mol. The largest absolute Gasteiger partial charge is 0.481 e. The van der Waals surface area contributed by atoms with Crippen molar-refractivity contribution in [2.24, 2.45) is 5.41 Å². The van der Waals surface area contributed by atoms with E-state index in [1.165, 1.54) is 4.90 Å². The van der Waals surface area contributed by atoms with Gasteiger partial charge in [0.15, 0.2) is 9.84 Å². The highest BCUT2D eigenvalue weighted by Crippen LogP contribution is 2.31. The minimum atomic E-state index is -3.11. The number of carbonyl (C=O) groups excluding carboxylic acids is 1. The maximum Gasteiger partial charge on any atom is 0.311 e. The van der Waals surface area contributed by atoms with Gasteiger partial charge in [-0.3, -0.25) is 9.59 Å². The first-order chi connectivity index (χ1) is 10.1. The average Bonchev–Trinajstić information content (AvgIpc) is 2.81. The molecule has 0 bridgehead atoms. The van der Waals surface area contributed by atoms with E-state index >= 15 is 0 Å². The number of rotatable bonds is 4. The SMILES string of the molecule is CC1(C(=O)O)CCN(C(=O)c2ccc(CS(C)(=O)=O)cc2)C1. The molecular formula is C15H19NO5S. The summed E-state index contributed by atoms with van der Waals surface area (Å²) < 4.78 is 22.5. The molecule has 0 saturated carbocycles. The van der Waals surface area contributed by atoms with Gasteiger partial charge in [0.2, 0.25) is 0 Å². The van der Waals surface area contributed by atoms with Gasteiger partial charge >= 0.3 is 5.97 Å². The summed E-state index contributed by atoms with van der Waals surface area (Å²) in [6.07, 6.45) is 1.59. The van der Waals surface area contributed by atoms with Crippen LogP contribution in [0.2, 0.25) is 0 Å². The van der Waals surface area contributed by atoms with Crippen molar-refractivity contribution in [3.63, 3.8) is 0 Å². The lowest BCUT2D eigenvalue weighted by Gasteiger charge is -2.20. The summed E-state index contributed by atoms with van der Waals surface area (Å²) in [6, 6.07) is 6.39. The minimum absolute atomic E-state index is 0.0672. The average molecular weight is 325 g/mol. The van der Waals surface area contributed by atoms with Crippen molar-refractivity contribution in [2.45, 2.75) is 19.1 Å². The second-order valence-electron chi connectivity index (χ2n) is 6.11. The fourth-order valence-electron chi connectivity index (χ4n) is 2.54. The number of hydrogen-bond donors (Lipinski definition) is 1. The van der Waals surface area contributed by atoms with Gasteiger partial charge in [0, 0.05) is 24.9 Å². The Hall–Kier alpha value is -1.89. The molecule has 1 unspecified atom stereocenters. The van der Waals surface area contributed by atoms with E-state index in [-0.39, 0.29) is 18.2 Å². The molecule has 7 heteroatoms. The van der Waals surface area contributed by atoms with Crippen LogP contribution >= 0.6 is 0 Å². The molecule has 1 aliphatic rings. The number of amides is 1. The number of carbonyl (C=O) groups is 2. The summed E-state index contributed by atoms with van der Waals surface area (Å²) in [5.74, 6) is -1.19. The number of hydrogen-bond acceptors (Lipinski definition) is 4. The van der Waals surface area contributed by atoms with Gasteiger partial charge in [-0.1, -0.05) is 12.1 Å². The van der Waals surface area contributed by atoms with Gasteiger partial charge in [-0.2, -0.15) is 0 Å². The van der Waals surface area contributed by atoms with Crippen molar-refractivity contribution in [2.75, 3.05) is 19.3 Å². The summed E-state index contributed by atoms with van der Waals surface area (Å²) in [4.78, 5) is 25.1. The first kappa shape index (κ1) is 16.5. The third kappa shape index (κ3) is 3.65. The van der Waals surface area contributed by atoms with Crippen LogP contribution in [0.25, 0.3) is 0 Å².